The number of hydrogen-bond acceptors (Lipinski definition) is 3. The molecule has 1 atom stereocenters. The van der Waals surface area contributed by atoms with Crippen molar-refractivity contribution in [1.82, 2.24) is 0 Å². The van der Waals surface area contributed by atoms with Gasteiger partial charge in [-0.05, 0) is 36.3 Å². The zero-order chi connectivity index (χ0) is 15.3. The molecule has 0 aliphatic rings. The van der Waals surface area contributed by atoms with Crippen LogP contribution in [0.2, 0.25) is 0 Å². The van der Waals surface area contributed by atoms with Crippen molar-refractivity contribution in [2.75, 3.05) is 11.1 Å². The highest BCUT2D eigenvalue weighted by Crippen LogP contribution is 2.23. The van der Waals surface area contributed by atoms with Gasteiger partial charge in [-0.25, -0.2) is 4.79 Å². The normalized spacial score (nSPS) is 12.2. The second kappa shape index (κ2) is 7.33. The van der Waals surface area contributed by atoms with Crippen molar-refractivity contribution < 1.29 is 14.7 Å². The Hall–Kier alpha value is -1.49. The van der Waals surface area contributed by atoms with E-state index in [-0.39, 0.29) is 22.6 Å². The van der Waals surface area contributed by atoms with Gasteiger partial charge in [-0.1, -0.05) is 26.8 Å². The van der Waals surface area contributed by atoms with E-state index >= 15 is 0 Å². The highest BCUT2D eigenvalue weighted by molar-refractivity contribution is 8.00. The molecular formula is C15H21NO3S. The summed E-state index contributed by atoms with van der Waals surface area (Å²) in [7, 11) is 0. The summed E-state index contributed by atoms with van der Waals surface area (Å²) in [6, 6.07) is 4.74. The summed E-state index contributed by atoms with van der Waals surface area (Å²) in [5, 5.41) is 11.7. The van der Waals surface area contributed by atoms with Crippen LogP contribution in [0.1, 0.15) is 36.7 Å². The van der Waals surface area contributed by atoms with E-state index in [2.05, 4.69) is 5.32 Å². The third-order valence-electron chi connectivity index (χ3n) is 2.95. The van der Waals surface area contributed by atoms with Crippen LogP contribution in [0, 0.1) is 12.8 Å². The number of carbonyl (C=O) groups excluding carboxylic acids is 1. The molecule has 1 aromatic rings. The molecule has 4 nitrogen and oxygen atoms in total. The number of carboxylic acids is 1. The van der Waals surface area contributed by atoms with E-state index in [0.717, 1.165) is 11.3 Å². The highest BCUT2D eigenvalue weighted by atomic mass is 32.2. The van der Waals surface area contributed by atoms with Crippen molar-refractivity contribution in [1.29, 1.82) is 0 Å². The third-order valence-corrected chi connectivity index (χ3v) is 4.40. The van der Waals surface area contributed by atoms with E-state index in [1.165, 1.54) is 12.1 Å². The summed E-state index contributed by atoms with van der Waals surface area (Å²) in [6.45, 7) is 7.88. The Kier molecular flexibility index (Phi) is 6.07. The van der Waals surface area contributed by atoms with Crippen molar-refractivity contribution >= 4 is 29.3 Å². The molecule has 0 radical (unpaired) electrons. The molecular weight excluding hydrogens is 274 g/mol. The van der Waals surface area contributed by atoms with Crippen LogP contribution in [0.15, 0.2) is 18.2 Å². The lowest BCUT2D eigenvalue weighted by Gasteiger charge is -2.20. The van der Waals surface area contributed by atoms with E-state index in [1.807, 2.05) is 27.7 Å². The molecule has 0 aromatic heterocycles. The average Bonchev–Trinajstić information content (AvgIpc) is 2.37. The van der Waals surface area contributed by atoms with Gasteiger partial charge in [0.05, 0.1) is 10.8 Å². The summed E-state index contributed by atoms with van der Waals surface area (Å²) < 4.78 is 0. The van der Waals surface area contributed by atoms with Crippen LogP contribution in [0.25, 0.3) is 0 Å². The topological polar surface area (TPSA) is 66.4 Å². The minimum absolute atomic E-state index is 0.0718. The number of hydrogen-bond donors (Lipinski definition) is 2. The van der Waals surface area contributed by atoms with Crippen LogP contribution in [0.4, 0.5) is 5.69 Å². The number of anilines is 1. The van der Waals surface area contributed by atoms with Gasteiger partial charge in [0.15, 0.2) is 0 Å². The number of aromatic carboxylic acids is 1. The molecule has 110 valence electrons. The molecule has 0 aliphatic heterocycles. The van der Waals surface area contributed by atoms with Crippen LogP contribution in [0.3, 0.4) is 0 Å². The van der Waals surface area contributed by atoms with Gasteiger partial charge in [0, 0.05) is 5.69 Å². The molecule has 0 bridgehead atoms. The van der Waals surface area contributed by atoms with Crippen LogP contribution in [-0.4, -0.2) is 28.0 Å². The molecule has 20 heavy (non-hydrogen) atoms. The number of nitrogens with one attached hydrogen (secondary N) is 1. The molecule has 5 heteroatoms. The monoisotopic (exact) mass is 295 g/mol. The predicted octanol–water partition coefficient (Wildman–Crippen LogP) is 3.41. The lowest BCUT2D eigenvalue weighted by molar-refractivity contribution is -0.116. The van der Waals surface area contributed by atoms with Gasteiger partial charge in [0.1, 0.15) is 0 Å². The second-order valence-corrected chi connectivity index (χ2v) is 6.36. The summed E-state index contributed by atoms with van der Waals surface area (Å²) >= 11 is 1.60. The average molecular weight is 295 g/mol. The van der Waals surface area contributed by atoms with Gasteiger partial charge in [0.25, 0.3) is 0 Å². The predicted molar refractivity (Wildman–Crippen MR) is 83.5 cm³/mol. The minimum atomic E-state index is -0.996. The second-order valence-electron chi connectivity index (χ2n) is 4.94. The first-order chi connectivity index (χ1) is 9.36. The first kappa shape index (κ1) is 16.6. The number of benzene rings is 1. The molecule has 2 N–H and O–H groups in total. The van der Waals surface area contributed by atoms with Crippen LogP contribution >= 0.6 is 11.8 Å². The Morgan fingerprint density at radius 1 is 1.35 bits per heavy atom. The van der Waals surface area contributed by atoms with Crippen molar-refractivity contribution in [3.63, 3.8) is 0 Å². The number of thioether (sulfide) groups is 1. The lowest BCUT2D eigenvalue weighted by Crippen LogP contribution is -2.30. The fourth-order valence-electron chi connectivity index (χ4n) is 1.84. The van der Waals surface area contributed by atoms with Crippen LogP contribution in [0.5, 0.6) is 0 Å². The molecule has 0 saturated heterocycles. The first-order valence-electron chi connectivity index (χ1n) is 6.63. The Morgan fingerprint density at radius 3 is 2.50 bits per heavy atom. The van der Waals surface area contributed by atoms with Crippen molar-refractivity contribution in [3.8, 4) is 0 Å². The molecule has 0 heterocycles. The summed E-state index contributed by atoms with van der Waals surface area (Å²) in [5.74, 6) is 0.0222. The first-order valence-corrected chi connectivity index (χ1v) is 7.68. The van der Waals surface area contributed by atoms with E-state index in [0.29, 0.717) is 5.69 Å². The Labute approximate surface area is 124 Å². The Balaban J connectivity index is 2.94. The van der Waals surface area contributed by atoms with E-state index in [9.17, 15) is 9.59 Å². The SMILES string of the molecule is CCSC(C(=O)Nc1cc(C(=O)O)ccc1C)C(C)C. The molecule has 1 amide bonds. The molecule has 0 aliphatic carbocycles. The zero-order valence-electron chi connectivity index (χ0n) is 12.3. The standard InChI is InChI=1S/C15H21NO3S/c1-5-20-13(9(2)3)14(17)16-12-8-11(15(18)19)7-6-10(12)4/h6-9,13H,5H2,1-4H3,(H,16,17)(H,18,19). The Bertz CT molecular complexity index is 500. The van der Waals surface area contributed by atoms with Crippen LogP contribution in [-0.2, 0) is 4.79 Å². The van der Waals surface area contributed by atoms with E-state index in [4.69, 9.17) is 5.11 Å². The van der Waals surface area contributed by atoms with Crippen LogP contribution < -0.4 is 5.32 Å². The summed E-state index contributed by atoms with van der Waals surface area (Å²) in [5.41, 5.74) is 1.60. The number of carboxylic acid groups (broad SMARTS) is 1. The van der Waals surface area contributed by atoms with Crippen molar-refractivity contribution in [2.24, 2.45) is 5.92 Å². The number of aryl methyl sites for hydroxylation is 1. The summed E-state index contributed by atoms with van der Waals surface area (Å²) in [4.78, 5) is 23.3. The lowest BCUT2D eigenvalue weighted by atomic mass is 10.1. The molecule has 0 saturated carbocycles. The van der Waals surface area contributed by atoms with Gasteiger partial charge in [0.2, 0.25) is 5.91 Å². The maximum Gasteiger partial charge on any atom is 0.335 e. The van der Waals surface area contributed by atoms with Gasteiger partial charge in [-0.3, -0.25) is 4.79 Å². The van der Waals surface area contributed by atoms with Crippen molar-refractivity contribution in [3.05, 3.63) is 29.3 Å². The maximum atomic E-state index is 12.3. The van der Waals surface area contributed by atoms with E-state index in [1.54, 1.807) is 17.8 Å². The molecule has 0 fully saturated rings. The molecule has 0 spiro atoms. The van der Waals surface area contributed by atoms with Gasteiger partial charge in [-0.15, -0.1) is 11.8 Å². The fraction of sp³-hybridized carbons (Fsp3) is 0.467. The zero-order valence-corrected chi connectivity index (χ0v) is 13.1. The highest BCUT2D eigenvalue weighted by Gasteiger charge is 2.22. The number of carbonyl (C=O) groups is 2. The largest absolute Gasteiger partial charge is 0.478 e. The quantitative estimate of drug-likeness (QED) is 0.844. The maximum absolute atomic E-state index is 12.3. The summed E-state index contributed by atoms with van der Waals surface area (Å²) in [6.07, 6.45) is 0. The minimum Gasteiger partial charge on any atom is -0.478 e. The molecule has 1 aromatic carbocycles. The van der Waals surface area contributed by atoms with E-state index < -0.39 is 5.97 Å². The molecule has 1 rings (SSSR count). The van der Waals surface area contributed by atoms with Gasteiger partial charge < -0.3 is 10.4 Å². The third kappa shape index (κ3) is 4.27. The number of rotatable bonds is 6. The number of amides is 1. The molecule has 1 unspecified atom stereocenters. The van der Waals surface area contributed by atoms with Gasteiger partial charge in [-0.2, -0.15) is 0 Å². The van der Waals surface area contributed by atoms with Crippen molar-refractivity contribution in [2.45, 2.75) is 32.9 Å². The van der Waals surface area contributed by atoms with Gasteiger partial charge >= 0.3 is 5.97 Å². The Morgan fingerprint density at radius 2 is 2.00 bits per heavy atom. The fourth-order valence-corrected chi connectivity index (χ4v) is 2.80. The smallest absolute Gasteiger partial charge is 0.335 e.